The van der Waals surface area contributed by atoms with Gasteiger partial charge < -0.3 is 10.0 Å². The highest BCUT2D eigenvalue weighted by Gasteiger charge is 2.30. The SMILES string of the molecule is Cl.O=C(O)C1CCN(C(=O)CCCc2ccc(Cl)cc2)C1. The van der Waals surface area contributed by atoms with Crippen molar-refractivity contribution < 1.29 is 14.7 Å². The minimum atomic E-state index is -0.804. The lowest BCUT2D eigenvalue weighted by Gasteiger charge is -2.15. The summed E-state index contributed by atoms with van der Waals surface area (Å²) in [5.74, 6) is -1.14. The molecule has 0 spiro atoms. The van der Waals surface area contributed by atoms with Crippen LogP contribution < -0.4 is 0 Å². The summed E-state index contributed by atoms with van der Waals surface area (Å²) in [4.78, 5) is 24.5. The molecular weight excluding hydrogens is 313 g/mol. The van der Waals surface area contributed by atoms with Crippen molar-refractivity contribution in [3.63, 3.8) is 0 Å². The smallest absolute Gasteiger partial charge is 0.308 e. The lowest BCUT2D eigenvalue weighted by molar-refractivity contribution is -0.141. The number of hydrogen-bond acceptors (Lipinski definition) is 2. The van der Waals surface area contributed by atoms with Gasteiger partial charge in [0.2, 0.25) is 5.91 Å². The maximum Gasteiger partial charge on any atom is 0.308 e. The van der Waals surface area contributed by atoms with E-state index in [1.165, 1.54) is 0 Å². The number of halogens is 2. The Morgan fingerprint density at radius 2 is 1.95 bits per heavy atom. The zero-order valence-electron chi connectivity index (χ0n) is 11.6. The highest BCUT2D eigenvalue weighted by Crippen LogP contribution is 2.18. The molecule has 1 fully saturated rings. The van der Waals surface area contributed by atoms with Crippen LogP contribution in [0, 0.1) is 5.92 Å². The van der Waals surface area contributed by atoms with E-state index < -0.39 is 11.9 Å². The van der Waals surface area contributed by atoms with Crippen molar-refractivity contribution in [2.24, 2.45) is 5.92 Å². The molecule has 1 saturated heterocycles. The molecular formula is C15H19Cl2NO3. The minimum Gasteiger partial charge on any atom is -0.481 e. The molecule has 0 aliphatic carbocycles. The molecule has 1 aromatic rings. The molecule has 1 amide bonds. The number of amides is 1. The molecule has 0 radical (unpaired) electrons. The van der Waals surface area contributed by atoms with Crippen LogP contribution in [0.5, 0.6) is 0 Å². The van der Waals surface area contributed by atoms with E-state index in [9.17, 15) is 9.59 Å². The van der Waals surface area contributed by atoms with Gasteiger partial charge in [0.25, 0.3) is 0 Å². The number of carbonyl (C=O) groups is 2. The van der Waals surface area contributed by atoms with E-state index in [-0.39, 0.29) is 18.3 Å². The number of aryl methyl sites for hydroxylation is 1. The lowest BCUT2D eigenvalue weighted by Crippen LogP contribution is -2.29. The third kappa shape index (κ3) is 5.21. The van der Waals surface area contributed by atoms with Crippen LogP contribution in [-0.4, -0.2) is 35.0 Å². The van der Waals surface area contributed by atoms with Gasteiger partial charge in [-0.05, 0) is 37.0 Å². The van der Waals surface area contributed by atoms with E-state index in [0.717, 1.165) is 18.4 Å². The molecule has 116 valence electrons. The highest BCUT2D eigenvalue weighted by molar-refractivity contribution is 6.30. The summed E-state index contributed by atoms with van der Waals surface area (Å²) in [6, 6.07) is 7.61. The fraction of sp³-hybridized carbons (Fsp3) is 0.467. The third-order valence-electron chi connectivity index (χ3n) is 3.66. The van der Waals surface area contributed by atoms with Crippen LogP contribution in [-0.2, 0) is 16.0 Å². The Labute approximate surface area is 135 Å². The number of carbonyl (C=O) groups excluding carboxylic acids is 1. The number of aliphatic carboxylic acids is 1. The van der Waals surface area contributed by atoms with E-state index in [0.29, 0.717) is 31.0 Å². The number of carboxylic acid groups (broad SMARTS) is 1. The van der Waals surface area contributed by atoms with Crippen molar-refractivity contribution in [1.29, 1.82) is 0 Å². The van der Waals surface area contributed by atoms with Crippen molar-refractivity contribution in [3.8, 4) is 0 Å². The van der Waals surface area contributed by atoms with Gasteiger partial charge in [-0.2, -0.15) is 0 Å². The fourth-order valence-electron chi connectivity index (χ4n) is 2.44. The van der Waals surface area contributed by atoms with E-state index in [4.69, 9.17) is 16.7 Å². The van der Waals surface area contributed by atoms with Crippen LogP contribution in [0.2, 0.25) is 5.02 Å². The first-order chi connectivity index (χ1) is 9.56. The number of nitrogens with zero attached hydrogens (tertiary/aromatic N) is 1. The monoisotopic (exact) mass is 331 g/mol. The topological polar surface area (TPSA) is 57.6 Å². The number of hydrogen-bond donors (Lipinski definition) is 1. The summed E-state index contributed by atoms with van der Waals surface area (Å²) >= 11 is 5.81. The molecule has 1 aliphatic heterocycles. The van der Waals surface area contributed by atoms with Gasteiger partial charge in [0, 0.05) is 24.5 Å². The first-order valence-corrected chi connectivity index (χ1v) is 7.19. The molecule has 1 atom stereocenters. The van der Waals surface area contributed by atoms with Crippen LogP contribution in [0.4, 0.5) is 0 Å². The maximum absolute atomic E-state index is 12.0. The summed E-state index contributed by atoms with van der Waals surface area (Å²) in [7, 11) is 0. The summed E-state index contributed by atoms with van der Waals surface area (Å²) in [5.41, 5.74) is 1.16. The zero-order chi connectivity index (χ0) is 14.5. The molecule has 0 bridgehead atoms. The molecule has 1 N–H and O–H groups in total. The van der Waals surface area contributed by atoms with E-state index in [1.54, 1.807) is 4.90 Å². The van der Waals surface area contributed by atoms with Gasteiger partial charge in [-0.25, -0.2) is 0 Å². The molecule has 2 rings (SSSR count). The number of carboxylic acids is 1. The van der Waals surface area contributed by atoms with Crippen molar-refractivity contribution >= 4 is 35.9 Å². The van der Waals surface area contributed by atoms with Crippen molar-refractivity contribution in [3.05, 3.63) is 34.9 Å². The van der Waals surface area contributed by atoms with E-state index >= 15 is 0 Å². The molecule has 1 unspecified atom stereocenters. The van der Waals surface area contributed by atoms with E-state index in [2.05, 4.69) is 0 Å². The van der Waals surface area contributed by atoms with Gasteiger partial charge in [-0.1, -0.05) is 23.7 Å². The molecule has 21 heavy (non-hydrogen) atoms. The Morgan fingerprint density at radius 1 is 1.29 bits per heavy atom. The van der Waals surface area contributed by atoms with Crippen molar-refractivity contribution in [1.82, 2.24) is 4.90 Å². The van der Waals surface area contributed by atoms with Gasteiger partial charge in [-0.3, -0.25) is 9.59 Å². The number of rotatable bonds is 5. The molecule has 4 nitrogen and oxygen atoms in total. The van der Waals surface area contributed by atoms with Crippen LogP contribution in [0.15, 0.2) is 24.3 Å². The largest absolute Gasteiger partial charge is 0.481 e. The first-order valence-electron chi connectivity index (χ1n) is 6.81. The summed E-state index contributed by atoms with van der Waals surface area (Å²) in [6.45, 7) is 0.922. The molecule has 6 heteroatoms. The number of benzene rings is 1. The Hall–Kier alpha value is -1.26. The predicted octanol–water partition coefficient (Wildman–Crippen LogP) is 3.02. The van der Waals surface area contributed by atoms with Crippen LogP contribution >= 0.6 is 24.0 Å². The average Bonchev–Trinajstić information content (AvgIpc) is 2.91. The van der Waals surface area contributed by atoms with Gasteiger partial charge in [-0.15, -0.1) is 12.4 Å². The second-order valence-electron chi connectivity index (χ2n) is 5.14. The molecule has 1 aliphatic rings. The van der Waals surface area contributed by atoms with Crippen LogP contribution in [0.1, 0.15) is 24.8 Å². The predicted molar refractivity (Wildman–Crippen MR) is 84.0 cm³/mol. The Bertz CT molecular complexity index is 490. The molecule has 0 aromatic heterocycles. The maximum atomic E-state index is 12.0. The van der Waals surface area contributed by atoms with Gasteiger partial charge in [0.15, 0.2) is 0 Å². The van der Waals surface area contributed by atoms with Crippen molar-refractivity contribution in [2.75, 3.05) is 13.1 Å². The van der Waals surface area contributed by atoms with Gasteiger partial charge >= 0.3 is 5.97 Å². The quantitative estimate of drug-likeness (QED) is 0.902. The van der Waals surface area contributed by atoms with Gasteiger partial charge in [0.05, 0.1) is 5.92 Å². The van der Waals surface area contributed by atoms with Crippen molar-refractivity contribution in [2.45, 2.75) is 25.7 Å². The average molecular weight is 332 g/mol. The second kappa shape index (κ2) is 8.25. The Kier molecular flexibility index (Phi) is 6.99. The van der Waals surface area contributed by atoms with Crippen LogP contribution in [0.3, 0.4) is 0 Å². The highest BCUT2D eigenvalue weighted by atomic mass is 35.5. The lowest BCUT2D eigenvalue weighted by atomic mass is 10.1. The number of likely N-dealkylation sites (tertiary alicyclic amines) is 1. The van der Waals surface area contributed by atoms with E-state index in [1.807, 2.05) is 24.3 Å². The Morgan fingerprint density at radius 3 is 2.52 bits per heavy atom. The summed E-state index contributed by atoms with van der Waals surface area (Å²) < 4.78 is 0. The standard InChI is InChI=1S/C15H18ClNO3.ClH/c16-13-6-4-11(5-7-13)2-1-3-14(18)17-9-8-12(10-17)15(19)20;/h4-7,12H,1-3,8-10H2,(H,19,20);1H. The Balaban J connectivity index is 0.00000220. The first kappa shape index (κ1) is 17.8. The molecule has 0 saturated carbocycles. The molecule has 1 aromatic carbocycles. The summed E-state index contributed by atoms with van der Waals surface area (Å²) in [5, 5.41) is 9.62. The van der Waals surface area contributed by atoms with Crippen LogP contribution in [0.25, 0.3) is 0 Å². The summed E-state index contributed by atoms with van der Waals surface area (Å²) in [6.07, 6.45) is 2.64. The minimum absolute atomic E-state index is 0. The normalized spacial score (nSPS) is 17.4. The fourth-order valence-corrected chi connectivity index (χ4v) is 2.57. The third-order valence-corrected chi connectivity index (χ3v) is 3.91. The zero-order valence-corrected chi connectivity index (χ0v) is 13.2. The second-order valence-corrected chi connectivity index (χ2v) is 5.58. The van der Waals surface area contributed by atoms with Gasteiger partial charge in [0.1, 0.15) is 0 Å². The molecule has 1 heterocycles.